The average Bonchev–Trinajstić information content (AvgIpc) is 3.54. The molecule has 4 saturated carbocycles. The van der Waals surface area contributed by atoms with Gasteiger partial charge in [-0.15, -0.1) is 0 Å². The summed E-state index contributed by atoms with van der Waals surface area (Å²) in [6.45, 7) is 0. The highest BCUT2D eigenvalue weighted by Gasteiger charge is 2.61. The molecule has 57 heavy (non-hydrogen) atoms. The summed E-state index contributed by atoms with van der Waals surface area (Å²) in [4.78, 5) is 14.4. The van der Waals surface area contributed by atoms with Gasteiger partial charge in [0.25, 0.3) is 0 Å². The molecule has 0 amide bonds. The molecule has 7 aromatic carbocycles. The molecular weight excluding hydrogens is 698 g/mol. The lowest BCUT2D eigenvalue weighted by Gasteiger charge is -2.61. The summed E-state index contributed by atoms with van der Waals surface area (Å²) < 4.78 is 14.3. The summed E-state index contributed by atoms with van der Waals surface area (Å²) in [5.74, 6) is 4.50. The van der Waals surface area contributed by atoms with Crippen molar-refractivity contribution >= 4 is 10.8 Å². The molecule has 5 aliphatic rings. The van der Waals surface area contributed by atoms with E-state index in [1.807, 2.05) is 36.4 Å². The highest BCUT2D eigenvalue weighted by Crippen LogP contribution is 2.70. The van der Waals surface area contributed by atoms with Crippen LogP contribution in [0.1, 0.15) is 43.2 Å². The lowest BCUT2D eigenvalue weighted by atomic mass is 9.43. The molecule has 13 rings (SSSR count). The van der Waals surface area contributed by atoms with Gasteiger partial charge < -0.3 is 0 Å². The fourth-order valence-electron chi connectivity index (χ4n) is 11.8. The van der Waals surface area contributed by atoms with E-state index in [4.69, 9.17) is 15.0 Å². The largest absolute Gasteiger partial charge is 0.208 e. The van der Waals surface area contributed by atoms with Crippen LogP contribution in [0, 0.1) is 29.5 Å². The Morgan fingerprint density at radius 1 is 0.404 bits per heavy atom. The van der Waals surface area contributed by atoms with Gasteiger partial charge in [-0.2, -0.15) is 0 Å². The Morgan fingerprint density at radius 2 is 0.930 bits per heavy atom. The maximum atomic E-state index is 14.3. The Hall–Kier alpha value is -6.26. The first-order chi connectivity index (χ1) is 28.1. The van der Waals surface area contributed by atoms with Crippen LogP contribution in [0.4, 0.5) is 4.39 Å². The highest BCUT2D eigenvalue weighted by atomic mass is 19.1. The van der Waals surface area contributed by atoms with Gasteiger partial charge in [0.05, 0.1) is 0 Å². The van der Waals surface area contributed by atoms with Crippen LogP contribution in [0.5, 0.6) is 0 Å². The second-order valence-corrected chi connectivity index (χ2v) is 17.0. The maximum absolute atomic E-state index is 14.3. The monoisotopic (exact) mass is 737 g/mol. The maximum Gasteiger partial charge on any atom is 0.164 e. The number of rotatable bonds is 5. The summed E-state index contributed by atoms with van der Waals surface area (Å²) in [5, 5.41) is 2.70. The van der Waals surface area contributed by atoms with Crippen molar-refractivity contribution in [2.24, 2.45) is 23.7 Å². The van der Waals surface area contributed by atoms with Crippen molar-refractivity contribution < 1.29 is 4.39 Å². The molecule has 0 unspecified atom stereocenters. The summed E-state index contributed by atoms with van der Waals surface area (Å²) in [5.41, 5.74) is 13.5. The number of halogens is 1. The summed E-state index contributed by atoms with van der Waals surface area (Å²) in [7, 11) is 0. The van der Waals surface area contributed by atoms with Crippen LogP contribution in [0.15, 0.2) is 158 Å². The zero-order valence-corrected chi connectivity index (χ0v) is 31.6. The van der Waals surface area contributed by atoms with Gasteiger partial charge >= 0.3 is 0 Å². The molecule has 0 aliphatic heterocycles. The van der Waals surface area contributed by atoms with Gasteiger partial charge in [0, 0.05) is 22.1 Å². The molecule has 4 fully saturated rings. The van der Waals surface area contributed by atoms with Gasteiger partial charge in [-0.3, -0.25) is 0 Å². The second kappa shape index (κ2) is 12.6. The average molecular weight is 738 g/mol. The van der Waals surface area contributed by atoms with E-state index < -0.39 is 0 Å². The predicted octanol–water partition coefficient (Wildman–Crippen LogP) is 13.2. The quantitative estimate of drug-likeness (QED) is 0.177. The predicted molar refractivity (Wildman–Crippen MR) is 228 cm³/mol. The van der Waals surface area contributed by atoms with E-state index in [-0.39, 0.29) is 11.2 Å². The molecule has 0 saturated heterocycles. The van der Waals surface area contributed by atoms with Crippen molar-refractivity contribution in [3.05, 3.63) is 175 Å². The molecule has 8 aromatic rings. The minimum Gasteiger partial charge on any atom is -0.208 e. The smallest absolute Gasteiger partial charge is 0.164 e. The topological polar surface area (TPSA) is 38.7 Å². The van der Waals surface area contributed by atoms with Crippen LogP contribution in [0.2, 0.25) is 0 Å². The molecule has 1 heterocycles. The van der Waals surface area contributed by atoms with Crippen molar-refractivity contribution in [1.82, 2.24) is 15.0 Å². The third-order valence-corrected chi connectivity index (χ3v) is 14.0. The number of benzene rings is 7. The molecule has 5 aliphatic carbocycles. The van der Waals surface area contributed by atoms with Gasteiger partial charge in [0.15, 0.2) is 17.5 Å². The number of hydrogen-bond donors (Lipinski definition) is 0. The molecule has 3 nitrogen and oxygen atoms in total. The fourth-order valence-corrected chi connectivity index (χ4v) is 11.8. The molecule has 274 valence electrons. The van der Waals surface area contributed by atoms with Crippen molar-refractivity contribution in [3.8, 4) is 67.5 Å². The van der Waals surface area contributed by atoms with Crippen molar-refractivity contribution in [2.75, 3.05) is 0 Å². The summed E-state index contributed by atoms with van der Waals surface area (Å²) in [6.07, 6.45) is 6.98. The van der Waals surface area contributed by atoms with Crippen LogP contribution in [-0.4, -0.2) is 15.0 Å². The van der Waals surface area contributed by atoms with E-state index in [0.717, 1.165) is 45.9 Å². The third kappa shape index (κ3) is 5.12. The van der Waals surface area contributed by atoms with Crippen molar-refractivity contribution in [1.29, 1.82) is 0 Å². The van der Waals surface area contributed by atoms with Gasteiger partial charge in [-0.1, -0.05) is 133 Å². The summed E-state index contributed by atoms with van der Waals surface area (Å²) >= 11 is 0. The van der Waals surface area contributed by atoms with Crippen LogP contribution >= 0.6 is 0 Å². The van der Waals surface area contributed by atoms with E-state index in [0.29, 0.717) is 23.0 Å². The van der Waals surface area contributed by atoms with Crippen LogP contribution < -0.4 is 0 Å². The minimum atomic E-state index is -0.326. The first kappa shape index (κ1) is 32.9. The minimum absolute atomic E-state index is 0.123. The first-order valence-electron chi connectivity index (χ1n) is 20.5. The molecular formula is C53H40FN3. The van der Waals surface area contributed by atoms with E-state index in [9.17, 15) is 4.39 Å². The van der Waals surface area contributed by atoms with Crippen molar-refractivity contribution in [3.63, 3.8) is 0 Å². The summed E-state index contributed by atoms with van der Waals surface area (Å²) in [6, 6.07) is 55.1. The van der Waals surface area contributed by atoms with Crippen LogP contribution in [0.25, 0.3) is 78.3 Å². The molecule has 4 heteroatoms. The van der Waals surface area contributed by atoms with E-state index in [1.54, 1.807) is 17.2 Å². The molecule has 0 radical (unpaired) electrons. The van der Waals surface area contributed by atoms with E-state index >= 15 is 0 Å². The van der Waals surface area contributed by atoms with Crippen LogP contribution in [-0.2, 0) is 5.41 Å². The molecule has 0 atom stereocenters. The molecule has 1 aromatic heterocycles. The Morgan fingerprint density at radius 3 is 1.58 bits per heavy atom. The zero-order valence-electron chi connectivity index (χ0n) is 31.6. The van der Waals surface area contributed by atoms with E-state index in [1.165, 1.54) is 77.3 Å². The second-order valence-electron chi connectivity index (χ2n) is 17.0. The zero-order chi connectivity index (χ0) is 37.7. The Labute approximate surface area is 332 Å². The highest BCUT2D eigenvalue weighted by molar-refractivity contribution is 5.99. The number of fused-ring (bicyclic) bond motifs is 4. The van der Waals surface area contributed by atoms with E-state index in [2.05, 4.69) is 103 Å². The number of aromatic nitrogens is 3. The normalized spacial score (nSPS) is 22.5. The van der Waals surface area contributed by atoms with Gasteiger partial charge in [0.1, 0.15) is 5.82 Å². The standard InChI is InChI=1S/C53H40FN3/c54-44-13-6-12-41(29-44)52-56-50(37-8-2-1-3-9-37)55-51(57-52)38-22-18-35(19-23-38)34-16-20-36(21-17-34)45-14-7-15-47-49(45)46-30-39-10-4-5-11-40(39)31-48(46)53(47)42-25-32-24-33(27-42)28-43(53)26-32/h1-23,29-33,42-43H,24-28H2. The Kier molecular flexibility index (Phi) is 7.29. The molecule has 4 bridgehead atoms. The number of hydrogen-bond acceptors (Lipinski definition) is 3. The number of nitrogens with zero attached hydrogens (tertiary/aromatic N) is 3. The SMILES string of the molecule is Fc1cccc(-c2nc(-c3ccccc3)nc(-c3ccc(-c4ccc(-c5cccc6c5-c5cc7ccccc7cc5C65C6CC7CC(C6)CC5C7)cc4)cc3)n2)c1. The van der Waals surface area contributed by atoms with Crippen LogP contribution in [0.3, 0.4) is 0 Å². The molecule has 0 N–H and O–H groups in total. The Bertz CT molecular complexity index is 2830. The van der Waals surface area contributed by atoms with Gasteiger partial charge in [0.2, 0.25) is 0 Å². The van der Waals surface area contributed by atoms with Gasteiger partial charge in [-0.05, 0) is 135 Å². The fraction of sp³-hybridized carbons (Fsp3) is 0.189. The van der Waals surface area contributed by atoms with Gasteiger partial charge in [-0.25, -0.2) is 19.3 Å². The third-order valence-electron chi connectivity index (χ3n) is 14.0. The Balaban J connectivity index is 0.913. The lowest BCUT2D eigenvalue weighted by Crippen LogP contribution is -2.55. The van der Waals surface area contributed by atoms with Crippen molar-refractivity contribution in [2.45, 2.75) is 37.5 Å². The first-order valence-corrected chi connectivity index (χ1v) is 20.5. The lowest BCUT2D eigenvalue weighted by molar-refractivity contribution is -0.0398. The molecule has 1 spiro atoms.